The van der Waals surface area contributed by atoms with Gasteiger partial charge in [-0.05, 0) is 57.0 Å². The van der Waals surface area contributed by atoms with Gasteiger partial charge in [0.1, 0.15) is 6.10 Å². The second-order valence-electron chi connectivity index (χ2n) is 9.76. The lowest BCUT2D eigenvalue weighted by Crippen LogP contribution is -2.57. The molecule has 4 aliphatic heterocycles. The maximum absolute atomic E-state index is 13.5. The number of aliphatic hydroxyl groups is 1. The summed E-state index contributed by atoms with van der Waals surface area (Å²) in [5.41, 5.74) is 0.473. The molecule has 2 N–H and O–H groups in total. The minimum atomic E-state index is -0.784. The molecule has 10 heteroatoms. The van der Waals surface area contributed by atoms with Crippen molar-refractivity contribution in [2.75, 3.05) is 52.7 Å². The van der Waals surface area contributed by atoms with Crippen LogP contribution in [0.25, 0.3) is 0 Å². The standard InChI is InChI=1S/C25H35N3O7/c29-18-13-28(25(31)17-3-6-21-22(11-17)34-16-33-21)20-5-4-19(35-23(20)15-32-14-18)12-24(30)26-7-10-27-8-1-2-9-27/h3,6,11,18-20,23,29H,1-2,4-5,7-10,12-16H2,(H,26,30)/t18-,19+,20-,23+/m1/s1. The summed E-state index contributed by atoms with van der Waals surface area (Å²) in [5.74, 6) is 0.950. The summed E-state index contributed by atoms with van der Waals surface area (Å²) in [5, 5.41) is 13.4. The van der Waals surface area contributed by atoms with Gasteiger partial charge < -0.3 is 39.2 Å². The Bertz CT molecular complexity index is 907. The third-order valence-corrected chi connectivity index (χ3v) is 7.22. The fourth-order valence-corrected chi connectivity index (χ4v) is 5.41. The van der Waals surface area contributed by atoms with Crippen LogP contribution in [0.4, 0.5) is 0 Å². The Labute approximate surface area is 205 Å². The fourth-order valence-electron chi connectivity index (χ4n) is 5.41. The van der Waals surface area contributed by atoms with Crippen LogP contribution in [0.3, 0.4) is 0 Å². The lowest BCUT2D eigenvalue weighted by molar-refractivity contribution is -0.150. The second kappa shape index (κ2) is 11.1. The summed E-state index contributed by atoms with van der Waals surface area (Å²) < 4.78 is 22.7. The Balaban J connectivity index is 1.20. The summed E-state index contributed by atoms with van der Waals surface area (Å²) >= 11 is 0. The molecule has 0 aliphatic carbocycles. The SMILES string of the molecule is O=C(C[C@@H]1CC[C@@H]2[C@H](COC[C@H](O)CN2C(=O)c2ccc3c(c2)OCO3)O1)NCCN1CCCC1. The van der Waals surface area contributed by atoms with Crippen LogP contribution in [-0.2, 0) is 14.3 Å². The number of hydrogen-bond acceptors (Lipinski definition) is 8. The number of ether oxygens (including phenoxy) is 4. The fraction of sp³-hybridized carbons (Fsp3) is 0.680. The van der Waals surface area contributed by atoms with Crippen LogP contribution in [0.2, 0.25) is 0 Å². The Morgan fingerprint density at radius 1 is 1.09 bits per heavy atom. The van der Waals surface area contributed by atoms with Crippen molar-refractivity contribution in [2.45, 2.75) is 56.5 Å². The lowest BCUT2D eigenvalue weighted by atomic mass is 9.94. The number of carbonyl (C=O) groups is 2. The summed E-state index contributed by atoms with van der Waals surface area (Å²) in [6.07, 6.45) is 2.72. The molecule has 4 atom stereocenters. The Hall–Kier alpha value is -2.40. The number of benzene rings is 1. The zero-order chi connectivity index (χ0) is 24.2. The van der Waals surface area contributed by atoms with Crippen LogP contribution in [0.15, 0.2) is 18.2 Å². The number of aliphatic hydroxyl groups excluding tert-OH is 1. The highest BCUT2D eigenvalue weighted by Crippen LogP contribution is 2.34. The van der Waals surface area contributed by atoms with Gasteiger partial charge in [0.2, 0.25) is 12.7 Å². The van der Waals surface area contributed by atoms with Crippen molar-refractivity contribution >= 4 is 11.8 Å². The van der Waals surface area contributed by atoms with Gasteiger partial charge in [0, 0.05) is 25.2 Å². The molecule has 4 heterocycles. The van der Waals surface area contributed by atoms with E-state index in [1.807, 2.05) is 0 Å². The first-order valence-electron chi connectivity index (χ1n) is 12.7. The van der Waals surface area contributed by atoms with Crippen molar-refractivity contribution < 1.29 is 33.6 Å². The van der Waals surface area contributed by atoms with Crippen molar-refractivity contribution in [3.8, 4) is 11.5 Å². The van der Waals surface area contributed by atoms with Crippen LogP contribution in [0, 0.1) is 0 Å². The highest BCUT2D eigenvalue weighted by atomic mass is 16.7. The van der Waals surface area contributed by atoms with Gasteiger partial charge in [-0.2, -0.15) is 0 Å². The smallest absolute Gasteiger partial charge is 0.254 e. The van der Waals surface area contributed by atoms with Crippen LogP contribution >= 0.6 is 0 Å². The molecule has 3 fully saturated rings. The van der Waals surface area contributed by atoms with Gasteiger partial charge >= 0.3 is 0 Å². The van der Waals surface area contributed by atoms with Crippen LogP contribution < -0.4 is 14.8 Å². The summed E-state index contributed by atoms with van der Waals surface area (Å²) in [4.78, 5) is 30.1. The van der Waals surface area contributed by atoms with Crippen molar-refractivity contribution in [3.05, 3.63) is 23.8 Å². The molecule has 0 saturated carbocycles. The lowest BCUT2D eigenvalue weighted by Gasteiger charge is -2.44. The van der Waals surface area contributed by atoms with E-state index in [0.29, 0.717) is 42.9 Å². The van der Waals surface area contributed by atoms with E-state index in [1.54, 1.807) is 23.1 Å². The van der Waals surface area contributed by atoms with E-state index in [-0.39, 0.29) is 56.6 Å². The highest BCUT2D eigenvalue weighted by Gasteiger charge is 2.40. The van der Waals surface area contributed by atoms with Crippen LogP contribution in [0.5, 0.6) is 11.5 Å². The molecule has 3 saturated heterocycles. The minimum absolute atomic E-state index is 0.0110. The van der Waals surface area contributed by atoms with Crippen LogP contribution in [-0.4, -0.2) is 104 Å². The Kier molecular flexibility index (Phi) is 7.72. The maximum atomic E-state index is 13.5. The number of amides is 2. The van der Waals surface area contributed by atoms with Gasteiger partial charge in [-0.15, -0.1) is 0 Å². The summed E-state index contributed by atoms with van der Waals surface area (Å²) in [6, 6.07) is 4.87. The number of β-amino-alcohol motifs (C(OH)–C–C–N with tert-alkyl or cyclic N) is 1. The maximum Gasteiger partial charge on any atom is 0.254 e. The van der Waals surface area contributed by atoms with E-state index in [2.05, 4.69) is 10.2 Å². The molecule has 1 aromatic carbocycles. The van der Waals surface area contributed by atoms with Gasteiger partial charge in [-0.1, -0.05) is 0 Å². The van der Waals surface area contributed by atoms with E-state index >= 15 is 0 Å². The topological polar surface area (TPSA) is 110 Å². The number of nitrogens with one attached hydrogen (secondary N) is 1. The molecular formula is C25H35N3O7. The molecule has 0 radical (unpaired) electrons. The van der Waals surface area contributed by atoms with E-state index in [4.69, 9.17) is 18.9 Å². The van der Waals surface area contributed by atoms with Gasteiger partial charge in [-0.3, -0.25) is 9.59 Å². The predicted molar refractivity (Wildman–Crippen MR) is 125 cm³/mol. The van der Waals surface area contributed by atoms with Gasteiger partial charge in [0.05, 0.1) is 37.9 Å². The third-order valence-electron chi connectivity index (χ3n) is 7.22. The molecule has 5 rings (SSSR count). The number of nitrogens with zero attached hydrogens (tertiary/aromatic N) is 2. The number of hydrogen-bond donors (Lipinski definition) is 2. The van der Waals surface area contributed by atoms with Crippen molar-refractivity contribution in [3.63, 3.8) is 0 Å². The molecule has 0 spiro atoms. The van der Waals surface area contributed by atoms with Crippen molar-refractivity contribution in [1.29, 1.82) is 0 Å². The van der Waals surface area contributed by atoms with Crippen LogP contribution in [0.1, 0.15) is 42.5 Å². The second-order valence-corrected chi connectivity index (χ2v) is 9.76. The summed E-state index contributed by atoms with van der Waals surface area (Å²) in [6.45, 7) is 4.43. The predicted octanol–water partition coefficient (Wildman–Crippen LogP) is 0.767. The van der Waals surface area contributed by atoms with E-state index in [9.17, 15) is 14.7 Å². The molecule has 35 heavy (non-hydrogen) atoms. The number of likely N-dealkylation sites (tertiary alicyclic amines) is 1. The minimum Gasteiger partial charge on any atom is -0.454 e. The van der Waals surface area contributed by atoms with Gasteiger partial charge in [0.25, 0.3) is 5.91 Å². The zero-order valence-corrected chi connectivity index (χ0v) is 20.0. The summed E-state index contributed by atoms with van der Waals surface area (Å²) in [7, 11) is 0. The quantitative estimate of drug-likeness (QED) is 0.603. The first-order chi connectivity index (χ1) is 17.1. The molecule has 0 aromatic heterocycles. The molecule has 0 bridgehead atoms. The largest absolute Gasteiger partial charge is 0.454 e. The Morgan fingerprint density at radius 2 is 1.91 bits per heavy atom. The third kappa shape index (κ3) is 5.88. The first-order valence-corrected chi connectivity index (χ1v) is 12.7. The zero-order valence-electron chi connectivity index (χ0n) is 20.0. The number of fused-ring (bicyclic) bond motifs is 2. The average molecular weight is 490 g/mol. The molecule has 10 nitrogen and oxygen atoms in total. The van der Waals surface area contributed by atoms with E-state index < -0.39 is 6.10 Å². The molecule has 0 unspecified atom stereocenters. The van der Waals surface area contributed by atoms with Crippen molar-refractivity contribution in [1.82, 2.24) is 15.1 Å². The first kappa shape index (κ1) is 24.3. The molecule has 4 aliphatic rings. The molecular weight excluding hydrogens is 454 g/mol. The normalized spacial score (nSPS) is 28.8. The molecule has 2 amide bonds. The number of rotatable bonds is 6. The average Bonchev–Trinajstić information content (AvgIpc) is 3.53. The van der Waals surface area contributed by atoms with Gasteiger partial charge in [0.15, 0.2) is 11.5 Å². The highest BCUT2D eigenvalue weighted by molar-refractivity contribution is 5.95. The van der Waals surface area contributed by atoms with Gasteiger partial charge in [-0.25, -0.2) is 0 Å². The van der Waals surface area contributed by atoms with Crippen molar-refractivity contribution in [2.24, 2.45) is 0 Å². The molecule has 192 valence electrons. The Morgan fingerprint density at radius 3 is 2.77 bits per heavy atom. The van der Waals surface area contributed by atoms with E-state index in [1.165, 1.54) is 12.8 Å². The van der Waals surface area contributed by atoms with E-state index in [0.717, 1.165) is 19.6 Å². The number of carbonyl (C=O) groups excluding carboxylic acids is 2. The molecule has 1 aromatic rings. The monoisotopic (exact) mass is 489 g/mol.